The minimum Gasteiger partial charge on any atom is -0.464 e. The normalized spacial score (nSPS) is 13.8. The van der Waals surface area contributed by atoms with Gasteiger partial charge in [-0.1, -0.05) is 15.9 Å². The summed E-state index contributed by atoms with van der Waals surface area (Å²) < 4.78 is 24.8. The van der Waals surface area contributed by atoms with Crippen LogP contribution in [0, 0.1) is 5.82 Å². The lowest BCUT2D eigenvalue weighted by Gasteiger charge is -2.29. The van der Waals surface area contributed by atoms with Crippen molar-refractivity contribution in [1.82, 2.24) is 5.32 Å². The van der Waals surface area contributed by atoms with Crippen LogP contribution in [0.3, 0.4) is 0 Å². The smallest absolute Gasteiger partial charge is 0.330 e. The Kier molecular flexibility index (Phi) is 6.58. The van der Waals surface area contributed by atoms with Crippen molar-refractivity contribution in [1.29, 1.82) is 0 Å². The standard InChI is InChI=1S/C14H19BrFNO3/c1-4-20-13(18)14(2,17-7-8-19-3)11-9-10(15)5-6-12(11)16/h5-6,9,17H,4,7-8H2,1-3H3. The summed E-state index contributed by atoms with van der Waals surface area (Å²) in [6.07, 6.45) is 0. The molecule has 112 valence electrons. The molecule has 0 aliphatic carbocycles. The first-order chi connectivity index (χ1) is 9.45. The molecule has 1 aromatic carbocycles. The van der Waals surface area contributed by atoms with Crippen LogP contribution >= 0.6 is 15.9 Å². The van der Waals surface area contributed by atoms with Crippen LogP contribution in [-0.2, 0) is 19.8 Å². The van der Waals surface area contributed by atoms with E-state index in [9.17, 15) is 9.18 Å². The quantitative estimate of drug-likeness (QED) is 0.608. The summed E-state index contributed by atoms with van der Waals surface area (Å²) in [7, 11) is 1.56. The highest BCUT2D eigenvalue weighted by molar-refractivity contribution is 9.10. The van der Waals surface area contributed by atoms with Gasteiger partial charge in [-0.2, -0.15) is 0 Å². The molecule has 0 fully saturated rings. The average Bonchev–Trinajstić information content (AvgIpc) is 2.41. The molecule has 6 heteroatoms. The number of rotatable bonds is 7. The number of esters is 1. The summed E-state index contributed by atoms with van der Waals surface area (Å²) in [5.41, 5.74) is -1.02. The van der Waals surface area contributed by atoms with Crippen molar-refractivity contribution >= 4 is 21.9 Å². The van der Waals surface area contributed by atoms with Gasteiger partial charge in [-0.15, -0.1) is 0 Å². The van der Waals surface area contributed by atoms with Gasteiger partial charge in [0.1, 0.15) is 11.4 Å². The van der Waals surface area contributed by atoms with Gasteiger partial charge >= 0.3 is 5.97 Å². The van der Waals surface area contributed by atoms with Crippen molar-refractivity contribution in [2.75, 3.05) is 26.9 Å². The monoisotopic (exact) mass is 347 g/mol. The van der Waals surface area contributed by atoms with E-state index in [0.29, 0.717) is 17.6 Å². The van der Waals surface area contributed by atoms with E-state index in [1.807, 2.05) is 0 Å². The highest BCUT2D eigenvalue weighted by Crippen LogP contribution is 2.28. The lowest BCUT2D eigenvalue weighted by Crippen LogP contribution is -2.49. The van der Waals surface area contributed by atoms with Crippen molar-refractivity contribution < 1.29 is 18.7 Å². The van der Waals surface area contributed by atoms with Gasteiger partial charge in [0.25, 0.3) is 0 Å². The first-order valence-corrected chi connectivity index (χ1v) is 7.11. The van der Waals surface area contributed by atoms with Crippen LogP contribution in [0.4, 0.5) is 4.39 Å². The molecule has 4 nitrogen and oxygen atoms in total. The van der Waals surface area contributed by atoms with Crippen molar-refractivity contribution in [2.24, 2.45) is 0 Å². The molecule has 1 aromatic rings. The van der Waals surface area contributed by atoms with Gasteiger partial charge in [-0.05, 0) is 32.0 Å². The van der Waals surface area contributed by atoms with Gasteiger partial charge in [0, 0.05) is 23.7 Å². The number of benzene rings is 1. The number of halogens is 2. The van der Waals surface area contributed by atoms with Crippen molar-refractivity contribution in [3.63, 3.8) is 0 Å². The first kappa shape index (κ1) is 17.1. The van der Waals surface area contributed by atoms with Gasteiger partial charge in [0.15, 0.2) is 0 Å². The van der Waals surface area contributed by atoms with Crippen LogP contribution < -0.4 is 5.32 Å². The van der Waals surface area contributed by atoms with Gasteiger partial charge in [0.05, 0.1) is 13.2 Å². The molecule has 0 heterocycles. The van der Waals surface area contributed by atoms with Gasteiger partial charge in [-0.25, -0.2) is 9.18 Å². The van der Waals surface area contributed by atoms with Crippen molar-refractivity contribution in [3.05, 3.63) is 34.1 Å². The molecule has 0 saturated heterocycles. The molecule has 0 bridgehead atoms. The number of nitrogens with one attached hydrogen (secondary N) is 1. The fourth-order valence-electron chi connectivity index (χ4n) is 1.84. The zero-order valence-corrected chi connectivity index (χ0v) is 13.4. The Labute approximate surface area is 126 Å². The number of hydrogen-bond acceptors (Lipinski definition) is 4. The third-order valence-corrected chi connectivity index (χ3v) is 3.43. The fraction of sp³-hybridized carbons (Fsp3) is 0.500. The number of carbonyl (C=O) groups excluding carboxylic acids is 1. The van der Waals surface area contributed by atoms with Gasteiger partial charge < -0.3 is 9.47 Å². The van der Waals surface area contributed by atoms with Crippen molar-refractivity contribution in [2.45, 2.75) is 19.4 Å². The maximum Gasteiger partial charge on any atom is 0.330 e. The minimum absolute atomic E-state index is 0.232. The Bertz CT molecular complexity index is 470. The number of methoxy groups -OCH3 is 1. The third-order valence-electron chi connectivity index (χ3n) is 2.94. The number of hydrogen-bond donors (Lipinski definition) is 1. The second-order valence-electron chi connectivity index (χ2n) is 4.39. The van der Waals surface area contributed by atoms with E-state index in [1.54, 1.807) is 33.1 Å². The third kappa shape index (κ3) is 4.01. The Balaban J connectivity index is 3.14. The van der Waals surface area contributed by atoms with Gasteiger partial charge in [0.2, 0.25) is 0 Å². The highest BCUT2D eigenvalue weighted by atomic mass is 79.9. The summed E-state index contributed by atoms with van der Waals surface area (Å²) in [5.74, 6) is -0.984. The molecule has 1 atom stereocenters. The second kappa shape index (κ2) is 7.71. The molecular weight excluding hydrogens is 329 g/mol. The topological polar surface area (TPSA) is 47.6 Å². The molecule has 0 radical (unpaired) electrons. The average molecular weight is 348 g/mol. The maximum atomic E-state index is 14.1. The molecule has 1 N–H and O–H groups in total. The SMILES string of the molecule is CCOC(=O)C(C)(NCCOC)c1cc(Br)ccc1F. The maximum absolute atomic E-state index is 14.1. The Morgan fingerprint density at radius 2 is 2.20 bits per heavy atom. The fourth-order valence-corrected chi connectivity index (χ4v) is 2.20. The zero-order chi connectivity index (χ0) is 15.2. The van der Waals surface area contributed by atoms with Crippen LogP contribution in [-0.4, -0.2) is 32.8 Å². The van der Waals surface area contributed by atoms with E-state index in [0.717, 1.165) is 0 Å². The Hall–Kier alpha value is -0.980. The summed E-state index contributed by atoms with van der Waals surface area (Å²) >= 11 is 3.29. The van der Waals surface area contributed by atoms with E-state index in [1.165, 1.54) is 6.07 Å². The summed E-state index contributed by atoms with van der Waals surface area (Å²) in [4.78, 5) is 12.2. The summed E-state index contributed by atoms with van der Waals surface area (Å²) in [5, 5.41) is 3.01. The molecule has 0 saturated carbocycles. The Morgan fingerprint density at radius 1 is 1.50 bits per heavy atom. The zero-order valence-electron chi connectivity index (χ0n) is 11.8. The van der Waals surface area contributed by atoms with Crippen molar-refractivity contribution in [3.8, 4) is 0 Å². The first-order valence-electron chi connectivity index (χ1n) is 6.32. The largest absolute Gasteiger partial charge is 0.464 e. The predicted molar refractivity (Wildman–Crippen MR) is 78.0 cm³/mol. The molecule has 1 rings (SSSR count). The molecule has 0 amide bonds. The minimum atomic E-state index is -1.26. The number of carbonyl (C=O) groups is 1. The lowest BCUT2D eigenvalue weighted by molar-refractivity contribution is -0.151. The van der Waals surface area contributed by atoms with E-state index in [2.05, 4.69) is 21.2 Å². The second-order valence-corrected chi connectivity index (χ2v) is 5.30. The molecular formula is C14H19BrFNO3. The van der Waals surface area contributed by atoms with Gasteiger partial charge in [-0.3, -0.25) is 5.32 Å². The molecule has 0 spiro atoms. The molecule has 0 aromatic heterocycles. The van der Waals surface area contributed by atoms with Crippen LogP contribution in [0.1, 0.15) is 19.4 Å². The summed E-state index contributed by atoms with van der Waals surface area (Å²) in [6, 6.07) is 4.47. The molecule has 20 heavy (non-hydrogen) atoms. The van der Waals surface area contributed by atoms with E-state index in [4.69, 9.17) is 9.47 Å². The van der Waals surface area contributed by atoms with E-state index >= 15 is 0 Å². The van der Waals surface area contributed by atoms with Crippen LogP contribution in [0.5, 0.6) is 0 Å². The van der Waals surface area contributed by atoms with E-state index < -0.39 is 17.3 Å². The predicted octanol–water partition coefficient (Wildman–Crippen LogP) is 2.60. The van der Waals surface area contributed by atoms with E-state index in [-0.39, 0.29) is 12.2 Å². The van der Waals surface area contributed by atoms with Crippen LogP contribution in [0.15, 0.2) is 22.7 Å². The molecule has 1 unspecified atom stereocenters. The summed E-state index contributed by atoms with van der Waals surface area (Å²) in [6.45, 7) is 4.36. The molecule has 0 aliphatic rings. The molecule has 0 aliphatic heterocycles. The highest BCUT2D eigenvalue weighted by Gasteiger charge is 2.38. The Morgan fingerprint density at radius 3 is 2.80 bits per heavy atom. The van der Waals surface area contributed by atoms with Crippen LogP contribution in [0.2, 0.25) is 0 Å². The lowest BCUT2D eigenvalue weighted by atomic mass is 9.91. The van der Waals surface area contributed by atoms with Crippen LogP contribution in [0.25, 0.3) is 0 Å². The number of ether oxygens (including phenoxy) is 2.